The summed E-state index contributed by atoms with van der Waals surface area (Å²) in [6, 6.07) is 13.8. The summed E-state index contributed by atoms with van der Waals surface area (Å²) in [5.41, 5.74) is 6.98. The van der Waals surface area contributed by atoms with Gasteiger partial charge in [-0.05, 0) is 31.2 Å². The quantitative estimate of drug-likeness (QED) is 0.609. The fourth-order valence-corrected chi connectivity index (χ4v) is 2.38. The van der Waals surface area contributed by atoms with Crippen LogP contribution in [0.5, 0.6) is 0 Å². The molecule has 0 aliphatic rings. The molecule has 0 saturated carbocycles. The average Bonchev–Trinajstić information content (AvgIpc) is 3.14. The molecule has 0 atom stereocenters. The van der Waals surface area contributed by atoms with Gasteiger partial charge in [-0.15, -0.1) is 0 Å². The number of nitrogens with one attached hydrogen (secondary N) is 2. The highest BCUT2D eigenvalue weighted by atomic mass is 35.5. The lowest BCUT2D eigenvalue weighted by Gasteiger charge is -2.05. The molecule has 0 unspecified atom stereocenters. The molecule has 2 aromatic carbocycles. The first-order chi connectivity index (χ1) is 13.4. The summed E-state index contributed by atoms with van der Waals surface area (Å²) in [6.45, 7) is 2.16. The van der Waals surface area contributed by atoms with Gasteiger partial charge in [0.05, 0.1) is 17.5 Å². The van der Waals surface area contributed by atoms with Crippen LogP contribution in [0.3, 0.4) is 0 Å². The number of aromatic amines is 1. The Hall–Kier alpha value is -3.19. The average molecular weight is 403 g/mol. The number of carbonyl (C=O) groups is 2. The van der Waals surface area contributed by atoms with Crippen molar-refractivity contribution >= 4 is 23.4 Å². The van der Waals surface area contributed by atoms with Crippen LogP contribution in [0.2, 0.25) is 5.02 Å². The Labute approximate surface area is 166 Å². The van der Waals surface area contributed by atoms with Gasteiger partial charge in [-0.25, -0.2) is 4.39 Å². The molecule has 3 aromatic rings. The molecule has 1 heterocycles. The number of H-pyrrole nitrogens is 1. The Bertz CT molecular complexity index is 920. The van der Waals surface area contributed by atoms with E-state index < -0.39 is 17.6 Å². The Morgan fingerprint density at radius 1 is 1.18 bits per heavy atom. The van der Waals surface area contributed by atoms with E-state index in [1.165, 1.54) is 17.8 Å². The molecular weight excluding hydrogens is 383 g/mol. The number of amides is 2. The third-order valence-electron chi connectivity index (χ3n) is 3.70. The zero-order chi connectivity index (χ0) is 20.5. The van der Waals surface area contributed by atoms with Crippen LogP contribution < -0.4 is 11.1 Å². The zero-order valence-electron chi connectivity index (χ0n) is 15.2. The van der Waals surface area contributed by atoms with Crippen LogP contribution in [0.25, 0.3) is 11.3 Å². The minimum absolute atomic E-state index is 0.0403. The number of halogens is 2. The van der Waals surface area contributed by atoms with E-state index in [0.29, 0.717) is 5.69 Å². The summed E-state index contributed by atoms with van der Waals surface area (Å²) >= 11 is 5.61. The van der Waals surface area contributed by atoms with Gasteiger partial charge in [0, 0.05) is 23.6 Å². The first-order valence-corrected chi connectivity index (χ1v) is 8.83. The largest absolute Gasteiger partial charge is 0.370 e. The molecule has 6 nitrogen and oxygen atoms in total. The second kappa shape index (κ2) is 10.2. The molecular formula is C20H20ClFN4O2. The standard InChI is InChI=1S/C13H13FN4O2.C7H7Cl/c14-10-4-2-1-3-8(10)12-9(7-17-18-12)13(20)16-6-5-11(15)19;1-6-2-4-7(8)5-3-6/h1-4,7H,5-6H2,(H2,15,19)(H,16,20)(H,17,18);2-5H,1H3. The number of carbonyl (C=O) groups excluding carboxylic acids is 2. The highest BCUT2D eigenvalue weighted by Crippen LogP contribution is 2.23. The lowest BCUT2D eigenvalue weighted by Crippen LogP contribution is -2.28. The summed E-state index contributed by atoms with van der Waals surface area (Å²) in [4.78, 5) is 22.6. The Kier molecular flexibility index (Phi) is 7.71. The highest BCUT2D eigenvalue weighted by Gasteiger charge is 2.17. The van der Waals surface area contributed by atoms with E-state index in [2.05, 4.69) is 15.5 Å². The van der Waals surface area contributed by atoms with E-state index in [9.17, 15) is 14.0 Å². The number of nitrogens with two attached hydrogens (primary N) is 1. The number of hydrogen-bond acceptors (Lipinski definition) is 3. The van der Waals surface area contributed by atoms with E-state index in [4.69, 9.17) is 17.3 Å². The lowest BCUT2D eigenvalue weighted by molar-refractivity contribution is -0.117. The molecule has 3 rings (SSSR count). The number of aromatic nitrogens is 2. The second-order valence-electron chi connectivity index (χ2n) is 5.91. The smallest absolute Gasteiger partial charge is 0.255 e. The normalized spacial score (nSPS) is 9.96. The van der Waals surface area contributed by atoms with Crippen LogP contribution >= 0.6 is 11.6 Å². The van der Waals surface area contributed by atoms with Gasteiger partial charge in [-0.3, -0.25) is 14.7 Å². The molecule has 0 fully saturated rings. The number of rotatable bonds is 5. The Morgan fingerprint density at radius 3 is 2.46 bits per heavy atom. The third-order valence-corrected chi connectivity index (χ3v) is 3.95. The molecule has 28 heavy (non-hydrogen) atoms. The molecule has 0 aliphatic heterocycles. The minimum Gasteiger partial charge on any atom is -0.370 e. The summed E-state index contributed by atoms with van der Waals surface area (Å²) in [5.74, 6) is -1.41. The molecule has 0 bridgehead atoms. The summed E-state index contributed by atoms with van der Waals surface area (Å²) in [7, 11) is 0. The zero-order valence-corrected chi connectivity index (χ0v) is 16.0. The Morgan fingerprint density at radius 2 is 1.86 bits per heavy atom. The fourth-order valence-electron chi connectivity index (χ4n) is 2.26. The van der Waals surface area contributed by atoms with Crippen LogP contribution in [-0.4, -0.2) is 28.6 Å². The highest BCUT2D eigenvalue weighted by molar-refractivity contribution is 6.30. The molecule has 1 aromatic heterocycles. The molecule has 8 heteroatoms. The van der Waals surface area contributed by atoms with Gasteiger partial charge in [0.2, 0.25) is 5.91 Å². The van der Waals surface area contributed by atoms with Crippen molar-refractivity contribution in [3.8, 4) is 11.3 Å². The van der Waals surface area contributed by atoms with Crippen LogP contribution in [0.15, 0.2) is 54.7 Å². The van der Waals surface area contributed by atoms with Gasteiger partial charge < -0.3 is 11.1 Å². The first-order valence-electron chi connectivity index (χ1n) is 8.45. The van der Waals surface area contributed by atoms with Gasteiger partial charge in [0.15, 0.2) is 0 Å². The van der Waals surface area contributed by atoms with E-state index in [-0.39, 0.29) is 24.1 Å². The van der Waals surface area contributed by atoms with Crippen molar-refractivity contribution in [2.75, 3.05) is 6.54 Å². The third kappa shape index (κ3) is 6.21. The predicted octanol–water partition coefficient (Wildman–Crippen LogP) is 3.47. The molecule has 0 saturated heterocycles. The monoisotopic (exact) mass is 402 g/mol. The Balaban J connectivity index is 0.000000292. The fraction of sp³-hybridized carbons (Fsp3) is 0.150. The minimum atomic E-state index is -0.508. The van der Waals surface area contributed by atoms with Crippen molar-refractivity contribution in [2.45, 2.75) is 13.3 Å². The number of nitrogens with zero attached hydrogens (tertiary/aromatic N) is 1. The van der Waals surface area contributed by atoms with Crippen molar-refractivity contribution in [1.29, 1.82) is 0 Å². The van der Waals surface area contributed by atoms with E-state index in [0.717, 1.165) is 5.02 Å². The maximum atomic E-state index is 13.7. The summed E-state index contributed by atoms with van der Waals surface area (Å²) < 4.78 is 13.7. The molecule has 4 N–H and O–H groups in total. The van der Waals surface area contributed by atoms with Gasteiger partial charge in [-0.2, -0.15) is 5.10 Å². The van der Waals surface area contributed by atoms with E-state index in [1.54, 1.807) is 18.2 Å². The summed E-state index contributed by atoms with van der Waals surface area (Å²) in [5, 5.41) is 9.69. The van der Waals surface area contributed by atoms with Crippen molar-refractivity contribution in [3.63, 3.8) is 0 Å². The van der Waals surface area contributed by atoms with Gasteiger partial charge in [0.1, 0.15) is 5.82 Å². The van der Waals surface area contributed by atoms with Gasteiger partial charge >= 0.3 is 0 Å². The van der Waals surface area contributed by atoms with Crippen molar-refractivity contribution in [2.24, 2.45) is 5.73 Å². The maximum absolute atomic E-state index is 13.7. The van der Waals surface area contributed by atoms with Crippen molar-refractivity contribution in [3.05, 3.63) is 76.7 Å². The van der Waals surface area contributed by atoms with E-state index >= 15 is 0 Å². The van der Waals surface area contributed by atoms with Crippen LogP contribution in [0.4, 0.5) is 4.39 Å². The number of hydrogen-bond donors (Lipinski definition) is 3. The van der Waals surface area contributed by atoms with Crippen LogP contribution in [-0.2, 0) is 4.79 Å². The summed E-state index contributed by atoms with van der Waals surface area (Å²) in [6.07, 6.45) is 1.35. The molecule has 2 amide bonds. The topological polar surface area (TPSA) is 101 Å². The van der Waals surface area contributed by atoms with E-state index in [1.807, 2.05) is 31.2 Å². The lowest BCUT2D eigenvalue weighted by atomic mass is 10.1. The SMILES string of the molecule is Cc1ccc(Cl)cc1.NC(=O)CCNC(=O)c1cn[nH]c1-c1ccccc1F. The van der Waals surface area contributed by atoms with Crippen molar-refractivity contribution in [1.82, 2.24) is 15.5 Å². The maximum Gasteiger partial charge on any atom is 0.255 e. The van der Waals surface area contributed by atoms with Gasteiger partial charge in [0.25, 0.3) is 5.91 Å². The number of benzene rings is 2. The second-order valence-corrected chi connectivity index (χ2v) is 6.34. The number of primary amides is 1. The molecule has 0 spiro atoms. The molecule has 146 valence electrons. The van der Waals surface area contributed by atoms with Crippen molar-refractivity contribution < 1.29 is 14.0 Å². The predicted molar refractivity (Wildman–Crippen MR) is 106 cm³/mol. The molecule has 0 aliphatic carbocycles. The van der Waals surface area contributed by atoms with Gasteiger partial charge in [-0.1, -0.05) is 41.4 Å². The van der Waals surface area contributed by atoms with Crippen LogP contribution in [0.1, 0.15) is 22.3 Å². The van der Waals surface area contributed by atoms with Crippen LogP contribution in [0, 0.1) is 12.7 Å². The molecule has 0 radical (unpaired) electrons. The first kappa shape index (κ1) is 21.1. The number of aryl methyl sites for hydroxylation is 1.